The quantitative estimate of drug-likeness (QED) is 0.877. The molecule has 1 unspecified atom stereocenters. The Bertz CT molecular complexity index is 544. The monoisotopic (exact) mass is 313 g/mol. The van der Waals surface area contributed by atoms with Crippen LogP contribution in [0.5, 0.6) is 11.5 Å². The van der Waals surface area contributed by atoms with Crippen LogP contribution in [0.4, 0.5) is 8.78 Å². The number of aliphatic hydroxyl groups excluding tert-OH is 1. The van der Waals surface area contributed by atoms with Gasteiger partial charge in [0, 0.05) is 24.9 Å². The van der Waals surface area contributed by atoms with Crippen LogP contribution >= 0.6 is 0 Å². The summed E-state index contributed by atoms with van der Waals surface area (Å²) >= 11 is 0. The molecule has 1 fully saturated rings. The molecule has 4 nitrogen and oxygen atoms in total. The average Bonchev–Trinajstić information content (AvgIpc) is 2.90. The molecule has 0 spiro atoms. The third-order valence-corrected chi connectivity index (χ3v) is 4.57. The molecule has 0 saturated heterocycles. The molecule has 1 saturated carbocycles. The second kappa shape index (κ2) is 5.66. The van der Waals surface area contributed by atoms with E-state index in [1.807, 2.05) is 13.8 Å². The zero-order valence-electron chi connectivity index (χ0n) is 12.7. The molecule has 0 radical (unpaired) electrons. The maximum absolute atomic E-state index is 12.9. The summed E-state index contributed by atoms with van der Waals surface area (Å²) in [5.41, 5.74) is 0.718. The highest BCUT2D eigenvalue weighted by molar-refractivity contribution is 5.45. The van der Waals surface area contributed by atoms with Gasteiger partial charge < -0.3 is 19.9 Å². The van der Waals surface area contributed by atoms with Gasteiger partial charge in [0.05, 0.1) is 6.10 Å². The maximum atomic E-state index is 12.9. The molecule has 1 aromatic rings. The van der Waals surface area contributed by atoms with Gasteiger partial charge in [-0.2, -0.15) is 0 Å². The first-order valence-electron chi connectivity index (χ1n) is 7.57. The highest BCUT2D eigenvalue weighted by atomic mass is 19.3. The van der Waals surface area contributed by atoms with Gasteiger partial charge in [-0.25, -0.2) is 8.78 Å². The molecule has 1 heterocycles. The van der Waals surface area contributed by atoms with Gasteiger partial charge >= 0.3 is 0 Å². The van der Waals surface area contributed by atoms with E-state index in [4.69, 9.17) is 9.47 Å². The lowest BCUT2D eigenvalue weighted by Crippen LogP contribution is -2.50. The van der Waals surface area contributed by atoms with Crippen molar-refractivity contribution in [3.05, 3.63) is 23.8 Å². The second-order valence-corrected chi connectivity index (χ2v) is 6.33. The van der Waals surface area contributed by atoms with E-state index in [1.165, 1.54) is 0 Å². The number of fused-ring (bicyclic) bond motifs is 1. The zero-order valence-corrected chi connectivity index (χ0v) is 12.7. The molecule has 3 atom stereocenters. The third-order valence-electron chi connectivity index (χ3n) is 4.57. The molecule has 1 aliphatic heterocycles. The predicted molar refractivity (Wildman–Crippen MR) is 77.3 cm³/mol. The van der Waals surface area contributed by atoms with Crippen LogP contribution in [0.1, 0.15) is 38.4 Å². The molecule has 1 aliphatic carbocycles. The van der Waals surface area contributed by atoms with Crippen molar-refractivity contribution in [2.45, 2.75) is 50.8 Å². The Labute approximate surface area is 128 Å². The Morgan fingerprint density at radius 2 is 1.91 bits per heavy atom. The van der Waals surface area contributed by atoms with Crippen molar-refractivity contribution in [1.29, 1.82) is 0 Å². The summed E-state index contributed by atoms with van der Waals surface area (Å²) in [5.74, 6) is -1.27. The van der Waals surface area contributed by atoms with E-state index in [0.717, 1.165) is 5.56 Å². The summed E-state index contributed by atoms with van der Waals surface area (Å²) in [6, 6.07) is 5.01. The fourth-order valence-electron chi connectivity index (χ4n) is 3.09. The fourth-order valence-corrected chi connectivity index (χ4v) is 3.09. The Morgan fingerprint density at radius 3 is 2.59 bits per heavy atom. The van der Waals surface area contributed by atoms with Crippen molar-refractivity contribution in [3.63, 3.8) is 0 Å². The molecule has 122 valence electrons. The number of halogens is 2. The minimum absolute atomic E-state index is 0.0404. The number of alkyl halides is 2. The molecule has 0 bridgehead atoms. The van der Waals surface area contributed by atoms with Gasteiger partial charge in [0.25, 0.3) is 0 Å². The lowest BCUT2D eigenvalue weighted by atomic mass is 9.76. The van der Waals surface area contributed by atoms with Crippen LogP contribution in [-0.2, 0) is 0 Å². The van der Waals surface area contributed by atoms with E-state index >= 15 is 0 Å². The Balaban J connectivity index is 1.58. The number of aliphatic hydroxyl groups is 1. The predicted octanol–water partition coefficient (Wildman–Crippen LogP) is 2.86. The number of rotatable bonds is 5. The highest BCUT2D eigenvalue weighted by Gasteiger charge is 2.47. The summed E-state index contributed by atoms with van der Waals surface area (Å²) in [6.45, 7) is 3.93. The van der Waals surface area contributed by atoms with E-state index in [0.29, 0.717) is 11.5 Å². The van der Waals surface area contributed by atoms with Crippen LogP contribution in [0.15, 0.2) is 18.2 Å². The molecule has 1 aromatic carbocycles. The summed E-state index contributed by atoms with van der Waals surface area (Å²) in [5, 5.41) is 13.7. The maximum Gasteiger partial charge on any atom is 0.248 e. The van der Waals surface area contributed by atoms with Gasteiger partial charge in [-0.1, -0.05) is 6.07 Å². The van der Waals surface area contributed by atoms with E-state index in [1.54, 1.807) is 18.2 Å². The van der Waals surface area contributed by atoms with E-state index in [2.05, 4.69) is 5.32 Å². The molecular weight excluding hydrogens is 292 g/mol. The van der Waals surface area contributed by atoms with Crippen molar-refractivity contribution in [2.24, 2.45) is 5.92 Å². The molecule has 2 N–H and O–H groups in total. The smallest absolute Gasteiger partial charge is 0.248 e. The first-order valence-corrected chi connectivity index (χ1v) is 7.57. The molecule has 0 amide bonds. The van der Waals surface area contributed by atoms with Crippen molar-refractivity contribution in [2.75, 3.05) is 6.79 Å². The molecule has 2 aliphatic rings. The van der Waals surface area contributed by atoms with Crippen LogP contribution in [0.3, 0.4) is 0 Å². The van der Waals surface area contributed by atoms with Crippen molar-refractivity contribution in [3.8, 4) is 11.5 Å². The lowest BCUT2D eigenvalue weighted by molar-refractivity contribution is -0.119. The summed E-state index contributed by atoms with van der Waals surface area (Å²) < 4.78 is 36.4. The number of benzene rings is 1. The number of hydrogen-bond acceptors (Lipinski definition) is 4. The first kappa shape index (κ1) is 15.5. The summed E-state index contributed by atoms with van der Waals surface area (Å²) in [6.07, 6.45) is -0.889. The van der Waals surface area contributed by atoms with Gasteiger partial charge in [-0.15, -0.1) is 0 Å². The average molecular weight is 313 g/mol. The van der Waals surface area contributed by atoms with Gasteiger partial charge in [0.2, 0.25) is 12.7 Å². The molecule has 6 heteroatoms. The standard InChI is InChI=1S/C16H21F2NO3/c1-9(12-6-16(17,18)7-12)19-10(2)15(20)11-3-4-13-14(5-11)22-8-21-13/h3-5,9-10,12,15,19-20H,6-8H2,1-2H3/t9?,10-,15-/m0/s1. The van der Waals surface area contributed by atoms with E-state index in [9.17, 15) is 13.9 Å². The Hall–Kier alpha value is -1.40. The van der Waals surface area contributed by atoms with Crippen LogP contribution in [0.25, 0.3) is 0 Å². The normalized spacial score (nSPS) is 23.7. The number of nitrogens with one attached hydrogen (secondary N) is 1. The Kier molecular flexibility index (Phi) is 3.99. The summed E-state index contributed by atoms with van der Waals surface area (Å²) in [7, 11) is 0. The highest BCUT2D eigenvalue weighted by Crippen LogP contribution is 2.44. The SMILES string of the molecule is CC(N[C@@H](C)[C@H](O)c1ccc2c(c1)OCO2)C1CC(F)(F)C1. The van der Waals surface area contributed by atoms with Gasteiger partial charge in [0.1, 0.15) is 0 Å². The van der Waals surface area contributed by atoms with Gasteiger partial charge in [0.15, 0.2) is 11.5 Å². The van der Waals surface area contributed by atoms with E-state index < -0.39 is 12.0 Å². The molecule has 22 heavy (non-hydrogen) atoms. The third kappa shape index (κ3) is 3.03. The van der Waals surface area contributed by atoms with Crippen LogP contribution < -0.4 is 14.8 Å². The number of ether oxygens (including phenoxy) is 2. The van der Waals surface area contributed by atoms with Crippen LogP contribution in [0.2, 0.25) is 0 Å². The zero-order chi connectivity index (χ0) is 15.9. The lowest BCUT2D eigenvalue weighted by Gasteiger charge is -2.40. The minimum Gasteiger partial charge on any atom is -0.454 e. The number of hydrogen-bond donors (Lipinski definition) is 2. The molecular formula is C16H21F2NO3. The van der Waals surface area contributed by atoms with Crippen molar-refractivity contribution in [1.82, 2.24) is 5.32 Å². The topological polar surface area (TPSA) is 50.7 Å². The minimum atomic E-state index is -2.51. The largest absolute Gasteiger partial charge is 0.454 e. The van der Waals surface area contributed by atoms with Crippen LogP contribution in [0, 0.1) is 5.92 Å². The second-order valence-electron chi connectivity index (χ2n) is 6.33. The molecule has 3 rings (SSSR count). The first-order chi connectivity index (χ1) is 10.4. The fraction of sp³-hybridized carbons (Fsp3) is 0.625. The van der Waals surface area contributed by atoms with E-state index in [-0.39, 0.29) is 37.6 Å². The van der Waals surface area contributed by atoms with Gasteiger partial charge in [-0.05, 0) is 37.5 Å². The summed E-state index contributed by atoms with van der Waals surface area (Å²) in [4.78, 5) is 0. The van der Waals surface area contributed by atoms with Crippen molar-refractivity contribution >= 4 is 0 Å². The Morgan fingerprint density at radius 1 is 1.23 bits per heavy atom. The van der Waals surface area contributed by atoms with Crippen LogP contribution in [-0.4, -0.2) is 29.9 Å². The van der Waals surface area contributed by atoms with Crippen molar-refractivity contribution < 1.29 is 23.4 Å². The molecule has 0 aromatic heterocycles. The van der Waals surface area contributed by atoms with Gasteiger partial charge in [-0.3, -0.25) is 0 Å².